The van der Waals surface area contributed by atoms with Gasteiger partial charge >= 0.3 is 0 Å². The van der Waals surface area contributed by atoms with Gasteiger partial charge in [-0.15, -0.1) is 0 Å². The molecule has 0 amide bonds. The third kappa shape index (κ3) is 5.36. The third-order valence-electron chi connectivity index (χ3n) is 6.84. The highest BCUT2D eigenvalue weighted by atomic mass is 32.2. The van der Waals surface area contributed by atoms with Crippen LogP contribution in [0.2, 0.25) is 0 Å². The number of nitrogens with zero attached hydrogens (tertiary/aromatic N) is 1. The topological polar surface area (TPSA) is 17.0 Å². The Labute approximate surface area is 236 Å². The van der Waals surface area contributed by atoms with Crippen LogP contribution in [0.4, 0.5) is 0 Å². The predicted octanol–water partition coefficient (Wildman–Crippen LogP) is 9.63. The summed E-state index contributed by atoms with van der Waals surface area (Å²) in [6, 6.07) is 26.0. The first-order valence-electron chi connectivity index (χ1n) is 13.5. The van der Waals surface area contributed by atoms with Gasteiger partial charge in [-0.3, -0.25) is 0 Å². The summed E-state index contributed by atoms with van der Waals surface area (Å²) in [7, 11) is 0. The quantitative estimate of drug-likeness (QED) is 0.261. The van der Waals surface area contributed by atoms with Gasteiger partial charge in [0.1, 0.15) is 0 Å². The lowest BCUT2D eigenvalue weighted by Crippen LogP contribution is -2.16. The molecule has 2 nitrogen and oxygen atoms in total. The smallest absolute Gasteiger partial charge is 0.0562 e. The highest BCUT2D eigenvalue weighted by Crippen LogP contribution is 2.44. The molecule has 6 rings (SSSR count). The maximum Gasteiger partial charge on any atom is 0.0562 e. The Balaban J connectivity index is 0.00000151. The fraction of sp³-hybridized carbons (Fsp3) is 0.111. The van der Waals surface area contributed by atoms with E-state index in [-0.39, 0.29) is 0 Å². The van der Waals surface area contributed by atoms with E-state index in [9.17, 15) is 0 Å². The summed E-state index contributed by atoms with van der Waals surface area (Å²) in [5, 5.41) is 4.85. The summed E-state index contributed by atoms with van der Waals surface area (Å²) in [5.41, 5.74) is 9.47. The fourth-order valence-corrected chi connectivity index (χ4v) is 6.23. The van der Waals surface area contributed by atoms with Crippen molar-refractivity contribution in [3.05, 3.63) is 145 Å². The molecular weight excluding hydrogens is 492 g/mol. The third-order valence-corrected chi connectivity index (χ3v) is 8.05. The molecule has 2 aliphatic rings. The number of aromatic nitrogens is 1. The SMILES string of the molecule is C=C/C=C\Cn1c2c(c3ccc(C4=CC(c5ccccc5)=CCN4)cc31)Sc1ccccc1C(=C)/C=C\2.CC. The number of hydrogen-bond donors (Lipinski definition) is 1. The molecular formula is C36H34N2S. The molecule has 1 aromatic heterocycles. The molecule has 39 heavy (non-hydrogen) atoms. The second kappa shape index (κ2) is 12.1. The van der Waals surface area contributed by atoms with E-state index in [1.165, 1.54) is 48.7 Å². The molecule has 0 aliphatic carbocycles. The standard InChI is InChI=1S/C34H28N2S.C2H6/c1-3-4-10-21-36-31-18-15-24(2)28-13-8-9-14-33(28)37-34(31)29-17-16-27(23-32(29)36)30-22-26(19-20-35-30)25-11-6-5-7-12-25;1-2/h3-19,22-23,35H,1-2,20-21H2;1-2H3/b10-4-,18-15-;. The van der Waals surface area contributed by atoms with Crippen LogP contribution in [0.3, 0.4) is 0 Å². The highest BCUT2D eigenvalue weighted by Gasteiger charge is 2.21. The lowest BCUT2D eigenvalue weighted by Gasteiger charge is -2.17. The van der Waals surface area contributed by atoms with Gasteiger partial charge in [-0.05, 0) is 52.1 Å². The van der Waals surface area contributed by atoms with Crippen molar-refractivity contribution >= 4 is 45.6 Å². The van der Waals surface area contributed by atoms with Gasteiger partial charge in [0.2, 0.25) is 0 Å². The van der Waals surface area contributed by atoms with E-state index >= 15 is 0 Å². The fourth-order valence-electron chi connectivity index (χ4n) is 4.99. The average Bonchev–Trinajstić information content (AvgIpc) is 3.28. The van der Waals surface area contributed by atoms with Crippen molar-refractivity contribution in [3.63, 3.8) is 0 Å². The van der Waals surface area contributed by atoms with Crippen LogP contribution in [0.5, 0.6) is 0 Å². The Morgan fingerprint density at radius 3 is 2.56 bits per heavy atom. The van der Waals surface area contributed by atoms with E-state index in [0.29, 0.717) is 0 Å². The Hall–Kier alpha value is -4.21. The van der Waals surface area contributed by atoms with Crippen molar-refractivity contribution in [2.24, 2.45) is 0 Å². The molecule has 0 unspecified atom stereocenters. The van der Waals surface area contributed by atoms with E-state index < -0.39 is 0 Å². The largest absolute Gasteiger partial charge is 0.381 e. The van der Waals surface area contributed by atoms with Crippen LogP contribution >= 0.6 is 11.8 Å². The van der Waals surface area contributed by atoms with Gasteiger partial charge in [-0.1, -0.05) is 130 Å². The molecule has 2 aliphatic heterocycles. The van der Waals surface area contributed by atoms with Crippen LogP contribution in [-0.4, -0.2) is 11.1 Å². The molecule has 0 saturated heterocycles. The maximum absolute atomic E-state index is 4.34. The number of benzene rings is 3. The number of rotatable bonds is 5. The Bertz CT molecular complexity index is 1640. The molecule has 3 aromatic carbocycles. The van der Waals surface area contributed by atoms with E-state index in [4.69, 9.17) is 0 Å². The van der Waals surface area contributed by atoms with Gasteiger partial charge in [0.15, 0.2) is 0 Å². The van der Waals surface area contributed by atoms with Crippen LogP contribution < -0.4 is 5.32 Å². The molecule has 0 fully saturated rings. The molecule has 0 saturated carbocycles. The van der Waals surface area contributed by atoms with Gasteiger partial charge in [-0.2, -0.15) is 0 Å². The maximum atomic E-state index is 4.34. The Morgan fingerprint density at radius 2 is 1.74 bits per heavy atom. The predicted molar refractivity (Wildman–Crippen MR) is 172 cm³/mol. The number of dihydropyridines is 1. The minimum atomic E-state index is 0.766. The van der Waals surface area contributed by atoms with E-state index in [0.717, 1.165) is 24.4 Å². The summed E-state index contributed by atoms with van der Waals surface area (Å²) in [6.45, 7) is 13.8. The normalized spacial score (nSPS) is 15.1. The zero-order chi connectivity index (χ0) is 27.2. The number of hydrogen-bond acceptors (Lipinski definition) is 2. The molecule has 4 aromatic rings. The molecule has 3 heterocycles. The Morgan fingerprint density at radius 1 is 0.949 bits per heavy atom. The minimum Gasteiger partial charge on any atom is -0.381 e. The molecule has 194 valence electrons. The minimum absolute atomic E-state index is 0.766. The number of allylic oxidation sites excluding steroid dienone is 7. The second-order valence-electron chi connectivity index (χ2n) is 9.14. The monoisotopic (exact) mass is 526 g/mol. The summed E-state index contributed by atoms with van der Waals surface area (Å²) in [4.78, 5) is 2.51. The van der Waals surface area contributed by atoms with Crippen LogP contribution in [0.25, 0.3) is 33.8 Å². The zero-order valence-corrected chi connectivity index (χ0v) is 23.5. The van der Waals surface area contributed by atoms with Crippen molar-refractivity contribution < 1.29 is 0 Å². The van der Waals surface area contributed by atoms with Gasteiger partial charge in [0, 0.05) is 34.0 Å². The van der Waals surface area contributed by atoms with Crippen LogP contribution in [0.1, 0.15) is 36.2 Å². The van der Waals surface area contributed by atoms with Gasteiger partial charge < -0.3 is 9.88 Å². The molecule has 0 bridgehead atoms. The van der Waals surface area contributed by atoms with Crippen molar-refractivity contribution in [3.8, 4) is 0 Å². The summed E-state index contributed by atoms with van der Waals surface area (Å²) >= 11 is 1.83. The summed E-state index contributed by atoms with van der Waals surface area (Å²) < 4.78 is 2.40. The molecule has 3 heteroatoms. The molecule has 1 N–H and O–H groups in total. The molecule has 0 spiro atoms. The first-order valence-corrected chi connectivity index (χ1v) is 14.3. The van der Waals surface area contributed by atoms with Gasteiger partial charge in [0.25, 0.3) is 0 Å². The lowest BCUT2D eigenvalue weighted by molar-refractivity contribution is 0.844. The number of nitrogens with one attached hydrogen (secondary N) is 1. The van der Waals surface area contributed by atoms with Gasteiger partial charge in [0.05, 0.1) is 11.2 Å². The molecule has 0 atom stereocenters. The van der Waals surface area contributed by atoms with Crippen LogP contribution in [-0.2, 0) is 6.54 Å². The zero-order valence-electron chi connectivity index (χ0n) is 22.7. The van der Waals surface area contributed by atoms with Crippen LogP contribution in [0, 0.1) is 0 Å². The van der Waals surface area contributed by atoms with Crippen molar-refractivity contribution in [2.45, 2.75) is 30.2 Å². The van der Waals surface area contributed by atoms with Gasteiger partial charge in [-0.25, -0.2) is 0 Å². The summed E-state index contributed by atoms with van der Waals surface area (Å²) in [5.74, 6) is 0. The van der Waals surface area contributed by atoms with E-state index in [1.54, 1.807) is 0 Å². The highest BCUT2D eigenvalue weighted by molar-refractivity contribution is 7.99. The first kappa shape index (κ1) is 26.4. The van der Waals surface area contributed by atoms with Crippen molar-refractivity contribution in [2.75, 3.05) is 6.54 Å². The number of fused-ring (bicyclic) bond motifs is 4. The van der Waals surface area contributed by atoms with Crippen molar-refractivity contribution in [1.82, 2.24) is 9.88 Å². The van der Waals surface area contributed by atoms with E-state index in [1.807, 2.05) is 37.8 Å². The average molecular weight is 527 g/mol. The molecule has 0 radical (unpaired) electrons. The van der Waals surface area contributed by atoms with Crippen molar-refractivity contribution in [1.29, 1.82) is 0 Å². The second-order valence-corrected chi connectivity index (χ2v) is 10.2. The summed E-state index contributed by atoms with van der Waals surface area (Å²) in [6.07, 6.45) is 14.9. The van der Waals surface area contributed by atoms with E-state index in [2.05, 4.69) is 126 Å². The lowest BCUT2D eigenvalue weighted by atomic mass is 9.99. The van der Waals surface area contributed by atoms with Crippen LogP contribution in [0.15, 0.2) is 132 Å². The first-order chi connectivity index (χ1) is 19.2. The Kier molecular flexibility index (Phi) is 8.19.